The van der Waals surface area contributed by atoms with Crippen molar-refractivity contribution in [2.45, 2.75) is 0 Å². The number of hydrogen-bond donors (Lipinski definition) is 0. The van der Waals surface area contributed by atoms with Crippen molar-refractivity contribution in [3.63, 3.8) is 0 Å². The molecular formula is C40H26N2. The third kappa shape index (κ3) is 4.13. The van der Waals surface area contributed by atoms with E-state index in [1.54, 1.807) is 0 Å². The summed E-state index contributed by atoms with van der Waals surface area (Å²) in [7, 11) is 0. The molecule has 8 rings (SSSR count). The van der Waals surface area contributed by atoms with Gasteiger partial charge in [-0.25, -0.2) is 9.97 Å². The van der Waals surface area contributed by atoms with Crippen LogP contribution in [0.25, 0.3) is 77.3 Å². The van der Waals surface area contributed by atoms with E-state index in [0.717, 1.165) is 33.9 Å². The molecule has 0 unspecified atom stereocenters. The van der Waals surface area contributed by atoms with Crippen LogP contribution >= 0.6 is 0 Å². The van der Waals surface area contributed by atoms with Crippen molar-refractivity contribution in [3.8, 4) is 45.0 Å². The van der Waals surface area contributed by atoms with Crippen molar-refractivity contribution in [2.24, 2.45) is 0 Å². The van der Waals surface area contributed by atoms with E-state index in [2.05, 4.69) is 133 Å². The molecular weight excluding hydrogens is 508 g/mol. The third-order valence-electron chi connectivity index (χ3n) is 8.05. The number of nitrogens with zero attached hydrogens (tertiary/aromatic N) is 2. The Morgan fingerprint density at radius 1 is 0.310 bits per heavy atom. The molecule has 0 fully saturated rings. The van der Waals surface area contributed by atoms with Crippen LogP contribution in [0.2, 0.25) is 0 Å². The van der Waals surface area contributed by atoms with Gasteiger partial charge in [0.2, 0.25) is 0 Å². The molecule has 8 aromatic rings. The van der Waals surface area contributed by atoms with Gasteiger partial charge < -0.3 is 0 Å². The summed E-state index contributed by atoms with van der Waals surface area (Å²) in [4.78, 5) is 10.3. The topological polar surface area (TPSA) is 25.8 Å². The van der Waals surface area contributed by atoms with Crippen LogP contribution < -0.4 is 0 Å². The highest BCUT2D eigenvalue weighted by Gasteiger charge is 2.19. The van der Waals surface area contributed by atoms with Gasteiger partial charge in [0.05, 0.1) is 11.4 Å². The predicted molar refractivity (Wildman–Crippen MR) is 176 cm³/mol. The van der Waals surface area contributed by atoms with Crippen LogP contribution in [-0.4, -0.2) is 9.97 Å². The van der Waals surface area contributed by atoms with Crippen molar-refractivity contribution in [1.29, 1.82) is 0 Å². The zero-order valence-electron chi connectivity index (χ0n) is 22.9. The molecule has 42 heavy (non-hydrogen) atoms. The molecule has 1 heterocycles. The molecule has 0 saturated carbocycles. The second-order valence-electron chi connectivity index (χ2n) is 10.6. The monoisotopic (exact) mass is 534 g/mol. The Morgan fingerprint density at radius 2 is 0.810 bits per heavy atom. The quantitative estimate of drug-likeness (QED) is 0.210. The minimum atomic E-state index is 0.721. The lowest BCUT2D eigenvalue weighted by atomic mass is 9.86. The summed E-state index contributed by atoms with van der Waals surface area (Å²) in [5.74, 6) is 0.721. The van der Waals surface area contributed by atoms with Crippen LogP contribution in [-0.2, 0) is 0 Å². The van der Waals surface area contributed by atoms with Crippen LogP contribution in [0.3, 0.4) is 0 Å². The Balaban J connectivity index is 1.46. The van der Waals surface area contributed by atoms with E-state index < -0.39 is 0 Å². The van der Waals surface area contributed by atoms with Crippen molar-refractivity contribution in [3.05, 3.63) is 158 Å². The first-order chi connectivity index (χ1) is 20.8. The second kappa shape index (κ2) is 10.1. The first kappa shape index (κ1) is 24.2. The summed E-state index contributed by atoms with van der Waals surface area (Å²) < 4.78 is 0. The second-order valence-corrected chi connectivity index (χ2v) is 10.6. The standard InChI is InChI=1S/C40H26N2/c1-3-14-28(15-4-1)36-26-37(42-40(41-36)29-16-5-2-6-17-29)39-34-21-11-9-19-32(34)38(33-20-10-12-22-35(33)39)31-24-23-27-13-7-8-18-30(27)25-31/h1-26H. The molecule has 0 atom stereocenters. The van der Waals surface area contributed by atoms with Gasteiger partial charge in [-0.05, 0) is 55.6 Å². The lowest BCUT2D eigenvalue weighted by molar-refractivity contribution is 1.19. The van der Waals surface area contributed by atoms with Gasteiger partial charge in [-0.1, -0.05) is 146 Å². The molecule has 0 radical (unpaired) electrons. The van der Waals surface area contributed by atoms with E-state index in [1.807, 2.05) is 24.3 Å². The lowest BCUT2D eigenvalue weighted by Gasteiger charge is -2.18. The highest BCUT2D eigenvalue weighted by molar-refractivity contribution is 6.21. The summed E-state index contributed by atoms with van der Waals surface area (Å²) in [6, 6.07) is 55.6. The fraction of sp³-hybridized carbons (Fsp3) is 0. The summed E-state index contributed by atoms with van der Waals surface area (Å²) in [6.45, 7) is 0. The van der Waals surface area contributed by atoms with E-state index in [0.29, 0.717) is 0 Å². The lowest BCUT2D eigenvalue weighted by Crippen LogP contribution is -1.98. The SMILES string of the molecule is c1ccc(-c2cc(-c3c4ccccc4c(-c4ccc5ccccc5c4)c4ccccc34)nc(-c3ccccc3)n2)cc1. The third-order valence-corrected chi connectivity index (χ3v) is 8.05. The Kier molecular flexibility index (Phi) is 5.82. The van der Waals surface area contributed by atoms with Gasteiger partial charge in [0.25, 0.3) is 0 Å². The van der Waals surface area contributed by atoms with E-state index in [1.165, 1.54) is 43.4 Å². The van der Waals surface area contributed by atoms with Crippen LogP contribution in [0.4, 0.5) is 0 Å². The summed E-state index contributed by atoms with van der Waals surface area (Å²) in [5, 5.41) is 7.26. The molecule has 0 amide bonds. The molecule has 2 nitrogen and oxygen atoms in total. The first-order valence-electron chi connectivity index (χ1n) is 14.3. The van der Waals surface area contributed by atoms with Gasteiger partial charge in [0.15, 0.2) is 5.82 Å². The molecule has 0 saturated heterocycles. The Morgan fingerprint density at radius 3 is 1.45 bits per heavy atom. The van der Waals surface area contributed by atoms with Gasteiger partial charge in [-0.15, -0.1) is 0 Å². The maximum Gasteiger partial charge on any atom is 0.160 e. The average Bonchev–Trinajstić information content (AvgIpc) is 3.07. The summed E-state index contributed by atoms with van der Waals surface area (Å²) in [6.07, 6.45) is 0. The minimum Gasteiger partial charge on any atom is -0.228 e. The molecule has 196 valence electrons. The van der Waals surface area contributed by atoms with Crippen LogP contribution in [0.15, 0.2) is 158 Å². The molecule has 0 bridgehead atoms. The molecule has 7 aromatic carbocycles. The number of fused-ring (bicyclic) bond motifs is 3. The van der Waals surface area contributed by atoms with Crippen molar-refractivity contribution >= 4 is 32.3 Å². The molecule has 0 spiro atoms. The molecule has 1 aromatic heterocycles. The normalized spacial score (nSPS) is 11.3. The van der Waals surface area contributed by atoms with Crippen molar-refractivity contribution in [1.82, 2.24) is 9.97 Å². The Hall–Kier alpha value is -5.60. The van der Waals surface area contributed by atoms with Gasteiger partial charge in [-0.3, -0.25) is 0 Å². The van der Waals surface area contributed by atoms with Gasteiger partial charge in [0, 0.05) is 16.7 Å². The fourth-order valence-corrected chi connectivity index (χ4v) is 6.11. The zero-order valence-corrected chi connectivity index (χ0v) is 22.9. The number of hydrogen-bond acceptors (Lipinski definition) is 2. The van der Waals surface area contributed by atoms with E-state index in [9.17, 15) is 0 Å². The highest BCUT2D eigenvalue weighted by Crippen LogP contribution is 2.44. The summed E-state index contributed by atoms with van der Waals surface area (Å²) in [5.41, 5.74) is 7.48. The van der Waals surface area contributed by atoms with Crippen LogP contribution in [0, 0.1) is 0 Å². The predicted octanol–water partition coefficient (Wildman–Crippen LogP) is 10.6. The van der Waals surface area contributed by atoms with Gasteiger partial charge in [0.1, 0.15) is 0 Å². The minimum absolute atomic E-state index is 0.721. The average molecular weight is 535 g/mol. The van der Waals surface area contributed by atoms with Crippen molar-refractivity contribution in [2.75, 3.05) is 0 Å². The first-order valence-corrected chi connectivity index (χ1v) is 14.3. The number of benzene rings is 7. The fourth-order valence-electron chi connectivity index (χ4n) is 6.11. The van der Waals surface area contributed by atoms with Crippen LogP contribution in [0.5, 0.6) is 0 Å². The molecule has 2 heteroatoms. The smallest absolute Gasteiger partial charge is 0.160 e. The maximum atomic E-state index is 5.23. The largest absolute Gasteiger partial charge is 0.228 e. The highest BCUT2D eigenvalue weighted by atomic mass is 14.9. The molecule has 0 N–H and O–H groups in total. The zero-order chi connectivity index (χ0) is 27.9. The van der Waals surface area contributed by atoms with Gasteiger partial charge in [-0.2, -0.15) is 0 Å². The van der Waals surface area contributed by atoms with Crippen LogP contribution in [0.1, 0.15) is 0 Å². The molecule has 0 aliphatic carbocycles. The van der Waals surface area contributed by atoms with E-state index in [-0.39, 0.29) is 0 Å². The summed E-state index contributed by atoms with van der Waals surface area (Å²) >= 11 is 0. The van der Waals surface area contributed by atoms with E-state index >= 15 is 0 Å². The number of aromatic nitrogens is 2. The van der Waals surface area contributed by atoms with Gasteiger partial charge >= 0.3 is 0 Å². The number of rotatable bonds is 4. The molecule has 0 aliphatic rings. The van der Waals surface area contributed by atoms with Crippen molar-refractivity contribution < 1.29 is 0 Å². The van der Waals surface area contributed by atoms with E-state index in [4.69, 9.17) is 9.97 Å². The molecule has 0 aliphatic heterocycles. The Labute approximate surface area is 244 Å². The maximum absolute atomic E-state index is 5.23. The Bertz CT molecular complexity index is 2120.